The van der Waals surface area contributed by atoms with Crippen LogP contribution in [0.25, 0.3) is 0 Å². The van der Waals surface area contributed by atoms with Crippen LogP contribution in [0.1, 0.15) is 46.8 Å². The van der Waals surface area contributed by atoms with Crippen molar-refractivity contribution in [3.8, 4) is 0 Å². The van der Waals surface area contributed by atoms with Crippen molar-refractivity contribution >= 4 is 5.97 Å². The normalized spacial score (nSPS) is 24.8. The highest BCUT2D eigenvalue weighted by Crippen LogP contribution is 2.37. The van der Waals surface area contributed by atoms with Gasteiger partial charge in [-0.3, -0.25) is 4.90 Å². The lowest BCUT2D eigenvalue weighted by Gasteiger charge is -2.39. The molecule has 0 spiro atoms. The van der Waals surface area contributed by atoms with E-state index in [0.717, 1.165) is 36.1 Å². The second-order valence-corrected chi connectivity index (χ2v) is 6.09. The number of hydrogen-bond donors (Lipinski definition) is 2. The molecule has 5 heteroatoms. The van der Waals surface area contributed by atoms with Gasteiger partial charge >= 0.3 is 5.97 Å². The van der Waals surface area contributed by atoms with Gasteiger partial charge in [-0.2, -0.15) is 0 Å². The lowest BCUT2D eigenvalue weighted by molar-refractivity contribution is -0.107. The Labute approximate surface area is 124 Å². The number of cyclic esters (lactones) is 1. The molecule has 2 aliphatic rings. The summed E-state index contributed by atoms with van der Waals surface area (Å²) < 4.78 is 5.09. The smallest absolute Gasteiger partial charge is 0.338 e. The summed E-state index contributed by atoms with van der Waals surface area (Å²) in [5.74, 6) is -0.277. The van der Waals surface area contributed by atoms with Crippen LogP contribution in [-0.4, -0.2) is 35.1 Å². The summed E-state index contributed by atoms with van der Waals surface area (Å²) in [6.45, 7) is 5.43. The van der Waals surface area contributed by atoms with E-state index < -0.39 is 5.72 Å². The van der Waals surface area contributed by atoms with E-state index in [1.165, 1.54) is 0 Å². The van der Waals surface area contributed by atoms with Gasteiger partial charge in [-0.15, -0.1) is 0 Å². The summed E-state index contributed by atoms with van der Waals surface area (Å²) in [4.78, 5) is 13.7. The topological polar surface area (TPSA) is 75.8 Å². The summed E-state index contributed by atoms with van der Waals surface area (Å²) >= 11 is 0. The molecule has 114 valence electrons. The average Bonchev–Trinajstić information content (AvgIpc) is 3.06. The van der Waals surface area contributed by atoms with E-state index in [2.05, 4.69) is 4.90 Å². The molecule has 0 aromatic heterocycles. The maximum absolute atomic E-state index is 11.6. The Morgan fingerprint density at radius 2 is 2.29 bits per heavy atom. The fraction of sp³-hybridized carbons (Fsp3) is 0.562. The standard InChI is InChI=1S/C16H22N2O3/c1-10-13-9-21-15(19)12(13)5-6-14(10)16(2,20)18-7-3-4-11(18)8-17/h5-6,11,20H,3-4,7-9,17H2,1-2H3. The molecule has 3 N–H and O–H groups in total. The van der Waals surface area contributed by atoms with Gasteiger partial charge in [0.1, 0.15) is 12.3 Å². The number of hydrogen-bond acceptors (Lipinski definition) is 5. The molecule has 0 radical (unpaired) electrons. The van der Waals surface area contributed by atoms with E-state index in [4.69, 9.17) is 10.5 Å². The van der Waals surface area contributed by atoms with E-state index in [1.54, 1.807) is 6.07 Å². The van der Waals surface area contributed by atoms with Crippen molar-refractivity contribution in [2.45, 2.75) is 45.1 Å². The highest BCUT2D eigenvalue weighted by molar-refractivity contribution is 5.94. The molecular formula is C16H22N2O3. The Balaban J connectivity index is 2.02. The van der Waals surface area contributed by atoms with Crippen LogP contribution >= 0.6 is 0 Å². The van der Waals surface area contributed by atoms with Crippen LogP contribution in [0.3, 0.4) is 0 Å². The van der Waals surface area contributed by atoms with Crippen LogP contribution in [0.15, 0.2) is 12.1 Å². The summed E-state index contributed by atoms with van der Waals surface area (Å²) in [5, 5.41) is 11.1. The molecule has 2 aliphatic heterocycles. The van der Waals surface area contributed by atoms with Crippen molar-refractivity contribution in [2.24, 2.45) is 5.73 Å². The van der Waals surface area contributed by atoms with Crippen LogP contribution < -0.4 is 5.73 Å². The van der Waals surface area contributed by atoms with E-state index in [-0.39, 0.29) is 12.0 Å². The summed E-state index contributed by atoms with van der Waals surface area (Å²) in [6, 6.07) is 3.80. The summed E-state index contributed by atoms with van der Waals surface area (Å²) in [6.07, 6.45) is 2.06. The fourth-order valence-electron chi connectivity index (χ4n) is 3.67. The maximum Gasteiger partial charge on any atom is 0.338 e. The van der Waals surface area contributed by atoms with E-state index >= 15 is 0 Å². The third-order valence-electron chi connectivity index (χ3n) is 4.88. The molecule has 21 heavy (non-hydrogen) atoms. The lowest BCUT2D eigenvalue weighted by Crippen LogP contribution is -2.49. The van der Waals surface area contributed by atoms with Crippen molar-refractivity contribution in [3.63, 3.8) is 0 Å². The van der Waals surface area contributed by atoms with Crippen molar-refractivity contribution in [2.75, 3.05) is 13.1 Å². The third kappa shape index (κ3) is 2.16. The zero-order valence-corrected chi connectivity index (χ0v) is 12.6. The molecule has 0 aliphatic carbocycles. The number of aliphatic hydroxyl groups is 1. The fourth-order valence-corrected chi connectivity index (χ4v) is 3.67. The van der Waals surface area contributed by atoms with E-state index in [1.807, 2.05) is 19.9 Å². The Morgan fingerprint density at radius 1 is 1.52 bits per heavy atom. The highest BCUT2D eigenvalue weighted by atomic mass is 16.5. The second-order valence-electron chi connectivity index (χ2n) is 6.09. The number of nitrogens with two attached hydrogens (primary N) is 1. The minimum atomic E-state index is -1.08. The predicted octanol–water partition coefficient (Wildman–Crippen LogP) is 1.25. The van der Waals surface area contributed by atoms with Gasteiger partial charge in [0.2, 0.25) is 0 Å². The molecule has 1 fully saturated rings. The number of esters is 1. The van der Waals surface area contributed by atoms with Crippen LogP contribution in [0.5, 0.6) is 0 Å². The Kier molecular flexibility index (Phi) is 3.51. The molecular weight excluding hydrogens is 268 g/mol. The zero-order valence-electron chi connectivity index (χ0n) is 12.6. The second kappa shape index (κ2) is 5.09. The molecule has 5 nitrogen and oxygen atoms in total. The maximum atomic E-state index is 11.6. The third-order valence-corrected chi connectivity index (χ3v) is 4.88. The summed E-state index contributed by atoms with van der Waals surface area (Å²) in [7, 11) is 0. The minimum Gasteiger partial charge on any atom is -0.457 e. The number of nitrogens with zero attached hydrogens (tertiary/aromatic N) is 1. The van der Waals surface area contributed by atoms with E-state index in [9.17, 15) is 9.90 Å². The van der Waals surface area contributed by atoms with Gasteiger partial charge in [0.05, 0.1) is 5.56 Å². The molecule has 0 bridgehead atoms. The first-order valence-corrected chi connectivity index (χ1v) is 7.46. The quantitative estimate of drug-likeness (QED) is 0.820. The highest BCUT2D eigenvalue weighted by Gasteiger charge is 2.40. The number of fused-ring (bicyclic) bond motifs is 1. The number of ether oxygens (including phenoxy) is 1. The first-order chi connectivity index (χ1) is 9.96. The van der Waals surface area contributed by atoms with Gasteiger partial charge in [-0.25, -0.2) is 4.79 Å². The zero-order chi connectivity index (χ0) is 15.2. The summed E-state index contributed by atoms with van der Waals surface area (Å²) in [5.41, 5.74) is 8.02. The van der Waals surface area contributed by atoms with E-state index in [0.29, 0.717) is 18.7 Å². The van der Waals surface area contributed by atoms with Crippen molar-refractivity contribution in [1.29, 1.82) is 0 Å². The molecule has 2 heterocycles. The number of rotatable bonds is 3. The minimum absolute atomic E-state index is 0.200. The lowest BCUT2D eigenvalue weighted by atomic mass is 9.91. The Morgan fingerprint density at radius 3 is 3.00 bits per heavy atom. The van der Waals surface area contributed by atoms with Gasteiger partial charge < -0.3 is 15.6 Å². The molecule has 0 amide bonds. The Bertz CT molecular complexity index is 583. The number of carbonyl (C=O) groups is 1. The van der Waals surface area contributed by atoms with Gasteiger partial charge in [-0.05, 0) is 38.3 Å². The number of carbonyl (C=O) groups excluding carboxylic acids is 1. The SMILES string of the molecule is Cc1c(C(C)(O)N2CCCC2CN)ccc2c1COC2=O. The number of likely N-dealkylation sites (tertiary alicyclic amines) is 1. The van der Waals surface area contributed by atoms with Crippen LogP contribution in [0.2, 0.25) is 0 Å². The molecule has 2 atom stereocenters. The molecule has 1 saturated heterocycles. The average molecular weight is 290 g/mol. The Hall–Kier alpha value is -1.43. The molecule has 2 unspecified atom stereocenters. The van der Waals surface area contributed by atoms with Gasteiger partial charge in [0, 0.05) is 30.3 Å². The van der Waals surface area contributed by atoms with Gasteiger partial charge in [0.15, 0.2) is 0 Å². The largest absolute Gasteiger partial charge is 0.457 e. The van der Waals surface area contributed by atoms with Crippen LogP contribution in [0, 0.1) is 6.92 Å². The molecule has 1 aromatic carbocycles. The van der Waals surface area contributed by atoms with Gasteiger partial charge in [-0.1, -0.05) is 6.07 Å². The molecule has 3 rings (SSSR count). The van der Waals surface area contributed by atoms with Gasteiger partial charge in [0.25, 0.3) is 0 Å². The molecule has 0 saturated carbocycles. The number of benzene rings is 1. The first kappa shape index (κ1) is 14.5. The van der Waals surface area contributed by atoms with Crippen LogP contribution in [0.4, 0.5) is 0 Å². The van der Waals surface area contributed by atoms with Crippen molar-refractivity contribution < 1.29 is 14.6 Å². The predicted molar refractivity (Wildman–Crippen MR) is 78.7 cm³/mol. The van der Waals surface area contributed by atoms with Crippen molar-refractivity contribution in [3.05, 3.63) is 34.4 Å². The van der Waals surface area contributed by atoms with Crippen LogP contribution in [-0.2, 0) is 17.1 Å². The molecule has 1 aromatic rings. The van der Waals surface area contributed by atoms with Crippen molar-refractivity contribution in [1.82, 2.24) is 4.90 Å². The monoisotopic (exact) mass is 290 g/mol. The first-order valence-electron chi connectivity index (χ1n) is 7.46.